The molecule has 1 saturated carbocycles. The van der Waals surface area contributed by atoms with Crippen LogP contribution in [0.1, 0.15) is 24.6 Å². The Morgan fingerprint density at radius 2 is 1.94 bits per heavy atom. The molecule has 8 nitrogen and oxygen atoms in total. The minimum atomic E-state index is -0.475. The van der Waals surface area contributed by atoms with Crippen LogP contribution in [0.4, 0.5) is 27.7 Å². The number of nitrogen functional groups attached to an aromatic ring is 2. The molecule has 34 heavy (non-hydrogen) atoms. The highest BCUT2D eigenvalue weighted by Gasteiger charge is 2.36. The highest BCUT2D eigenvalue weighted by molar-refractivity contribution is 6.35. The molecule has 0 unspecified atom stereocenters. The van der Waals surface area contributed by atoms with Gasteiger partial charge >= 0.3 is 0 Å². The Morgan fingerprint density at radius 1 is 1.18 bits per heavy atom. The van der Waals surface area contributed by atoms with Crippen LogP contribution in [-0.2, 0) is 0 Å². The van der Waals surface area contributed by atoms with Gasteiger partial charge < -0.3 is 16.8 Å². The van der Waals surface area contributed by atoms with Gasteiger partial charge in [0.2, 0.25) is 5.95 Å². The van der Waals surface area contributed by atoms with Crippen LogP contribution in [0.5, 0.6) is 0 Å². The van der Waals surface area contributed by atoms with Gasteiger partial charge in [-0.1, -0.05) is 29.8 Å². The van der Waals surface area contributed by atoms with Crippen LogP contribution in [0, 0.1) is 18.3 Å². The van der Waals surface area contributed by atoms with Crippen molar-refractivity contribution < 1.29 is 4.39 Å². The molecular weight excluding hydrogens is 457 g/mol. The Bertz CT molecular complexity index is 1540. The van der Waals surface area contributed by atoms with E-state index in [9.17, 15) is 9.18 Å². The van der Waals surface area contributed by atoms with Crippen LogP contribution >= 0.6 is 11.6 Å². The number of nitrogens with two attached hydrogens (primary N) is 2. The first-order valence-corrected chi connectivity index (χ1v) is 10.9. The van der Waals surface area contributed by atoms with Crippen LogP contribution in [0.15, 0.2) is 53.3 Å². The maximum atomic E-state index is 14.2. The predicted octanol–water partition coefficient (Wildman–Crippen LogP) is 4.85. The fourth-order valence-corrected chi connectivity index (χ4v) is 4.42. The van der Waals surface area contributed by atoms with E-state index in [4.69, 9.17) is 29.6 Å². The minimum absolute atomic E-state index is 0.0349. The third kappa shape index (κ3) is 3.78. The lowest BCUT2D eigenvalue weighted by atomic mass is 10.0. The number of rotatable bonds is 5. The quantitative estimate of drug-likeness (QED) is 0.355. The Balaban J connectivity index is 1.77. The second-order valence-electron chi connectivity index (χ2n) is 8.13. The van der Waals surface area contributed by atoms with Gasteiger partial charge in [0.15, 0.2) is 0 Å². The number of nitrogens with one attached hydrogen (secondary N) is 1. The van der Waals surface area contributed by atoms with Crippen molar-refractivity contribution in [2.24, 2.45) is 5.92 Å². The van der Waals surface area contributed by atoms with Gasteiger partial charge in [0.05, 0.1) is 28.7 Å². The van der Waals surface area contributed by atoms with Crippen molar-refractivity contribution in [1.82, 2.24) is 14.5 Å². The summed E-state index contributed by atoms with van der Waals surface area (Å²) in [4.78, 5) is 25.2. The zero-order valence-corrected chi connectivity index (χ0v) is 18.6. The van der Waals surface area contributed by atoms with Crippen molar-refractivity contribution >= 4 is 45.6 Å². The number of halogens is 2. The fraction of sp³-hybridized carbons (Fsp3) is 0.167. The smallest absolute Gasteiger partial charge is 0.268 e. The molecule has 0 radical (unpaired) electrons. The van der Waals surface area contributed by atoms with Gasteiger partial charge in [-0.15, -0.1) is 0 Å². The molecule has 5 N–H and O–H groups in total. The van der Waals surface area contributed by atoms with Crippen molar-refractivity contribution in [3.8, 4) is 5.69 Å². The standard InChI is InChI=1S/C24H19ClFN7O/c1-29-20-21(27)31-24(28)32-22(20)30-19(12-8-9-12)17-10-13-4-2-7-16(25)18(13)23(34)33(17)15-6-3-5-14(26)11-15/h2-7,10-12,19H,8-9H2,(H5,27,28,30,31,32)/t19-/m0/s1. The maximum absolute atomic E-state index is 14.2. The SMILES string of the molecule is [C-]#[N+]c1c(N)nc(N)nc1N[C@H](c1cc2cccc(Cl)c2c(=O)n1-c1cccc(F)c1)C1CC1. The van der Waals surface area contributed by atoms with E-state index in [0.717, 1.165) is 12.8 Å². The molecule has 1 fully saturated rings. The van der Waals surface area contributed by atoms with Gasteiger partial charge in [-0.05, 0) is 54.5 Å². The van der Waals surface area contributed by atoms with E-state index in [1.807, 2.05) is 6.07 Å². The molecule has 4 aromatic rings. The van der Waals surface area contributed by atoms with Crippen molar-refractivity contribution in [3.05, 3.63) is 86.8 Å². The molecule has 10 heteroatoms. The summed E-state index contributed by atoms with van der Waals surface area (Å²) in [6, 6.07) is 12.4. The maximum Gasteiger partial charge on any atom is 0.268 e. The zero-order valence-electron chi connectivity index (χ0n) is 17.8. The van der Waals surface area contributed by atoms with Gasteiger partial charge in [-0.3, -0.25) is 9.36 Å². The molecule has 0 saturated heterocycles. The molecule has 170 valence electrons. The van der Waals surface area contributed by atoms with E-state index >= 15 is 0 Å². The third-order valence-corrected chi connectivity index (χ3v) is 6.15. The summed E-state index contributed by atoms with van der Waals surface area (Å²) in [6.07, 6.45) is 1.79. The topological polar surface area (TPSA) is 116 Å². The Labute approximate surface area is 198 Å². The first kappa shape index (κ1) is 21.7. The molecule has 0 bridgehead atoms. The van der Waals surface area contributed by atoms with Crippen molar-refractivity contribution in [1.29, 1.82) is 0 Å². The number of pyridine rings is 1. The first-order chi connectivity index (χ1) is 16.4. The van der Waals surface area contributed by atoms with Crippen LogP contribution in [0.3, 0.4) is 0 Å². The molecule has 2 aromatic carbocycles. The normalized spacial score (nSPS) is 14.0. The molecule has 0 amide bonds. The highest BCUT2D eigenvalue weighted by atomic mass is 35.5. The third-order valence-electron chi connectivity index (χ3n) is 5.84. The first-order valence-electron chi connectivity index (χ1n) is 10.5. The lowest BCUT2D eigenvalue weighted by Gasteiger charge is -2.25. The number of fused-ring (bicyclic) bond motifs is 1. The molecule has 1 aliphatic carbocycles. The van der Waals surface area contributed by atoms with Gasteiger partial charge in [0, 0.05) is 5.69 Å². The summed E-state index contributed by atoms with van der Waals surface area (Å²) in [5, 5.41) is 4.58. The predicted molar refractivity (Wildman–Crippen MR) is 131 cm³/mol. The molecule has 1 aliphatic rings. The van der Waals surface area contributed by atoms with Crippen LogP contribution in [0.2, 0.25) is 5.02 Å². The fourth-order valence-electron chi connectivity index (χ4n) is 4.16. The monoisotopic (exact) mass is 475 g/mol. The van der Waals surface area contributed by atoms with E-state index in [1.54, 1.807) is 30.3 Å². The molecule has 2 aromatic heterocycles. The molecule has 0 spiro atoms. The van der Waals surface area contributed by atoms with E-state index in [-0.39, 0.29) is 34.7 Å². The largest absolute Gasteiger partial charge is 0.392 e. The van der Waals surface area contributed by atoms with Gasteiger partial charge in [-0.25, -0.2) is 19.2 Å². The average molecular weight is 476 g/mol. The molecule has 0 aliphatic heterocycles. The second-order valence-corrected chi connectivity index (χ2v) is 8.54. The summed E-state index contributed by atoms with van der Waals surface area (Å²) in [5.41, 5.74) is 12.3. The highest BCUT2D eigenvalue weighted by Crippen LogP contribution is 2.45. The zero-order chi connectivity index (χ0) is 24.0. The summed E-state index contributed by atoms with van der Waals surface area (Å²) < 4.78 is 15.6. The Hall–Kier alpha value is -4.16. The van der Waals surface area contributed by atoms with E-state index in [0.29, 0.717) is 27.2 Å². The summed E-state index contributed by atoms with van der Waals surface area (Å²) in [7, 11) is 0. The van der Waals surface area contributed by atoms with Crippen molar-refractivity contribution in [2.75, 3.05) is 16.8 Å². The minimum Gasteiger partial charge on any atom is -0.392 e. The summed E-state index contributed by atoms with van der Waals surface area (Å²) >= 11 is 6.38. The Kier molecular flexibility index (Phi) is 5.30. The second kappa shape index (κ2) is 8.32. The molecule has 2 heterocycles. The van der Waals surface area contributed by atoms with Gasteiger partial charge in [0.25, 0.3) is 11.2 Å². The summed E-state index contributed by atoms with van der Waals surface area (Å²) in [6.45, 7) is 7.51. The number of hydrogen-bond acceptors (Lipinski definition) is 6. The van der Waals surface area contributed by atoms with Crippen molar-refractivity contribution in [3.63, 3.8) is 0 Å². The van der Waals surface area contributed by atoms with E-state index in [2.05, 4.69) is 20.1 Å². The Morgan fingerprint density at radius 3 is 2.65 bits per heavy atom. The van der Waals surface area contributed by atoms with Gasteiger partial charge in [0.1, 0.15) is 17.5 Å². The number of hydrogen-bond donors (Lipinski definition) is 3. The lowest BCUT2D eigenvalue weighted by molar-refractivity contribution is 0.618. The van der Waals surface area contributed by atoms with E-state index < -0.39 is 11.9 Å². The number of benzene rings is 2. The number of anilines is 3. The van der Waals surface area contributed by atoms with Crippen molar-refractivity contribution in [2.45, 2.75) is 18.9 Å². The lowest BCUT2D eigenvalue weighted by Crippen LogP contribution is -2.28. The molecule has 1 atom stereocenters. The summed E-state index contributed by atoms with van der Waals surface area (Å²) in [5.74, 6) is -0.257. The van der Waals surface area contributed by atoms with Gasteiger partial charge in [-0.2, -0.15) is 0 Å². The average Bonchev–Trinajstić information content (AvgIpc) is 3.62. The number of nitrogens with zero attached hydrogens (tertiary/aromatic N) is 4. The van der Waals surface area contributed by atoms with Crippen LogP contribution in [-0.4, -0.2) is 14.5 Å². The van der Waals surface area contributed by atoms with Crippen LogP contribution in [0.25, 0.3) is 21.3 Å². The molecular formula is C24H19ClFN7O. The van der Waals surface area contributed by atoms with Crippen LogP contribution < -0.4 is 22.3 Å². The van der Waals surface area contributed by atoms with E-state index in [1.165, 1.54) is 16.7 Å². The number of aromatic nitrogens is 3. The molecule has 5 rings (SSSR count).